The van der Waals surface area contributed by atoms with E-state index in [0.717, 1.165) is 61.5 Å². The standard InChI is InChI=1S/C60H61N5O9/c1-60(2,3)25-21-54(59(68)69)65-58(67)47-18-20-56(64-37-47)74-48-10-4-9-46(36-48)57(66)63-28-30-70-31-32-71-33-34-72-40-42-15-19-51(50-12-6-8-44-23-27-62-39-53(44)50)55(35-42)73-29-24-41-13-16-45(17-14-41)49-11-5-7-43-22-26-61-38-52(43)49/h4-20,22-23,26-27,35-39,54H,21,24-25,28-34,40H2,1-3H3,(H,63,66)(H,65,67)(H,68,69)/t54-/m0/s1. The summed E-state index contributed by atoms with van der Waals surface area (Å²) in [6, 6.07) is 40.1. The van der Waals surface area contributed by atoms with Crippen molar-refractivity contribution in [3.63, 3.8) is 0 Å². The first-order chi connectivity index (χ1) is 36.0. The summed E-state index contributed by atoms with van der Waals surface area (Å²) in [4.78, 5) is 50.3. The van der Waals surface area contributed by atoms with Crippen LogP contribution in [0, 0.1) is 5.41 Å². The van der Waals surface area contributed by atoms with Crippen LogP contribution in [0.2, 0.25) is 0 Å². The van der Waals surface area contributed by atoms with Gasteiger partial charge in [0.25, 0.3) is 11.8 Å². The second kappa shape index (κ2) is 25.6. The Hall–Kier alpha value is -8.04. The van der Waals surface area contributed by atoms with Gasteiger partial charge in [-0.05, 0) is 99.3 Å². The van der Waals surface area contributed by atoms with Gasteiger partial charge in [0.05, 0.1) is 51.8 Å². The summed E-state index contributed by atoms with van der Waals surface area (Å²) in [5.41, 5.74) is 7.00. The summed E-state index contributed by atoms with van der Waals surface area (Å²) in [5, 5.41) is 19.5. The molecule has 0 aliphatic rings. The molecule has 0 saturated heterocycles. The number of carboxylic acids is 1. The molecule has 0 saturated carbocycles. The van der Waals surface area contributed by atoms with Crippen molar-refractivity contribution in [2.45, 2.75) is 52.7 Å². The number of hydrogen-bond acceptors (Lipinski definition) is 11. The number of carbonyl (C=O) groups is 3. The highest BCUT2D eigenvalue weighted by atomic mass is 16.5. The van der Waals surface area contributed by atoms with Crippen LogP contribution in [0.25, 0.3) is 43.8 Å². The first-order valence-corrected chi connectivity index (χ1v) is 24.8. The van der Waals surface area contributed by atoms with E-state index in [-0.39, 0.29) is 29.3 Å². The first kappa shape index (κ1) is 52.3. The predicted molar refractivity (Wildman–Crippen MR) is 286 cm³/mol. The van der Waals surface area contributed by atoms with Crippen molar-refractivity contribution >= 4 is 39.3 Å². The lowest BCUT2D eigenvalue weighted by atomic mass is 9.88. The van der Waals surface area contributed by atoms with E-state index in [1.165, 1.54) is 23.9 Å². The largest absolute Gasteiger partial charge is 0.493 e. The topological polar surface area (TPSA) is 180 Å². The van der Waals surface area contributed by atoms with Crippen LogP contribution in [0.5, 0.6) is 17.4 Å². The Labute approximate surface area is 431 Å². The molecule has 0 bridgehead atoms. The Morgan fingerprint density at radius 3 is 2.00 bits per heavy atom. The van der Waals surface area contributed by atoms with Gasteiger partial charge in [0.2, 0.25) is 5.88 Å². The third kappa shape index (κ3) is 14.8. The zero-order valence-corrected chi connectivity index (χ0v) is 41.9. The number of amides is 2. The average molecular weight is 996 g/mol. The van der Waals surface area contributed by atoms with Crippen LogP contribution in [-0.2, 0) is 32.0 Å². The number of nitrogens with zero attached hydrogens (tertiary/aromatic N) is 3. The molecule has 5 aromatic carbocycles. The smallest absolute Gasteiger partial charge is 0.326 e. The molecule has 1 atom stereocenters. The minimum Gasteiger partial charge on any atom is -0.493 e. The molecule has 8 aromatic rings. The van der Waals surface area contributed by atoms with Crippen molar-refractivity contribution in [2.24, 2.45) is 5.41 Å². The van der Waals surface area contributed by atoms with Crippen LogP contribution < -0.4 is 20.1 Å². The van der Waals surface area contributed by atoms with Gasteiger partial charge in [-0.25, -0.2) is 9.78 Å². The van der Waals surface area contributed by atoms with Gasteiger partial charge in [-0.2, -0.15) is 0 Å². The maximum absolute atomic E-state index is 12.9. The molecule has 8 rings (SSSR count). The van der Waals surface area contributed by atoms with Gasteiger partial charge in [-0.15, -0.1) is 0 Å². The Morgan fingerprint density at radius 1 is 0.622 bits per heavy atom. The van der Waals surface area contributed by atoms with Crippen LogP contribution in [0.4, 0.5) is 0 Å². The van der Waals surface area contributed by atoms with E-state index < -0.39 is 17.9 Å². The van der Waals surface area contributed by atoms with Crippen LogP contribution in [0.15, 0.2) is 158 Å². The number of aliphatic carboxylic acids is 1. The summed E-state index contributed by atoms with van der Waals surface area (Å²) in [6.07, 6.45) is 10.4. The number of rotatable bonds is 25. The van der Waals surface area contributed by atoms with Gasteiger partial charge in [0.1, 0.15) is 17.5 Å². The van der Waals surface area contributed by atoms with Gasteiger partial charge in [-0.1, -0.05) is 99.6 Å². The van der Waals surface area contributed by atoms with Crippen LogP contribution in [-0.4, -0.2) is 90.1 Å². The Balaban J connectivity index is 0.741. The van der Waals surface area contributed by atoms with Gasteiger partial charge >= 0.3 is 5.97 Å². The molecule has 2 amide bonds. The third-order valence-corrected chi connectivity index (χ3v) is 12.3. The van der Waals surface area contributed by atoms with Crippen LogP contribution >= 0.6 is 0 Å². The summed E-state index contributed by atoms with van der Waals surface area (Å²) < 4.78 is 29.8. The minimum atomic E-state index is -1.09. The zero-order chi connectivity index (χ0) is 51.7. The SMILES string of the molecule is CC(C)(C)CC[C@H](NC(=O)c1ccc(Oc2cccc(C(=O)NCCOCCOCCOCc3ccc(-c4cccc5ccncc45)c(OCCc4ccc(-c5cccc6ccncc56)cc4)c3)c2)nc1)C(=O)O. The summed E-state index contributed by atoms with van der Waals surface area (Å²) >= 11 is 0. The van der Waals surface area contributed by atoms with E-state index in [1.54, 1.807) is 30.5 Å². The van der Waals surface area contributed by atoms with Crippen molar-refractivity contribution in [1.82, 2.24) is 25.6 Å². The van der Waals surface area contributed by atoms with E-state index in [4.69, 9.17) is 23.7 Å². The zero-order valence-electron chi connectivity index (χ0n) is 41.9. The van der Waals surface area contributed by atoms with Gasteiger partial charge in [-0.3, -0.25) is 19.6 Å². The lowest BCUT2D eigenvalue weighted by Gasteiger charge is -2.21. The molecule has 0 radical (unpaired) electrons. The number of nitrogens with one attached hydrogen (secondary N) is 2. The number of ether oxygens (including phenoxy) is 5. The molecule has 3 N–H and O–H groups in total. The van der Waals surface area contributed by atoms with Crippen molar-refractivity contribution in [3.05, 3.63) is 181 Å². The number of fused-ring (bicyclic) bond motifs is 2. The number of carboxylic acid groups (broad SMARTS) is 1. The molecule has 3 aromatic heterocycles. The maximum Gasteiger partial charge on any atom is 0.326 e. The molecule has 3 heterocycles. The summed E-state index contributed by atoms with van der Waals surface area (Å²) in [5.74, 6) is -0.587. The highest BCUT2D eigenvalue weighted by Gasteiger charge is 2.24. The molecular weight excluding hydrogens is 935 g/mol. The van der Waals surface area contributed by atoms with E-state index >= 15 is 0 Å². The van der Waals surface area contributed by atoms with Crippen molar-refractivity contribution in [2.75, 3.05) is 46.2 Å². The number of pyridine rings is 3. The number of hydrogen-bond donors (Lipinski definition) is 3. The molecule has 0 spiro atoms. The lowest BCUT2D eigenvalue weighted by molar-refractivity contribution is -0.139. The van der Waals surface area contributed by atoms with E-state index in [2.05, 4.69) is 104 Å². The Kier molecular flexibility index (Phi) is 18.1. The monoisotopic (exact) mass is 995 g/mol. The molecule has 380 valence electrons. The van der Waals surface area contributed by atoms with E-state index in [1.807, 2.05) is 51.5 Å². The van der Waals surface area contributed by atoms with Crippen molar-refractivity contribution in [1.29, 1.82) is 0 Å². The molecular formula is C60H61N5O9. The highest BCUT2D eigenvalue weighted by molar-refractivity contribution is 5.98. The van der Waals surface area contributed by atoms with E-state index in [9.17, 15) is 19.5 Å². The second-order valence-corrected chi connectivity index (χ2v) is 18.9. The van der Waals surface area contributed by atoms with Crippen molar-refractivity contribution in [3.8, 4) is 39.6 Å². The van der Waals surface area contributed by atoms with Gasteiger partial charge < -0.3 is 39.4 Å². The van der Waals surface area contributed by atoms with Crippen LogP contribution in [0.3, 0.4) is 0 Å². The number of benzene rings is 5. The summed E-state index contributed by atoms with van der Waals surface area (Å²) in [7, 11) is 0. The molecule has 14 heteroatoms. The Morgan fingerprint density at radius 2 is 1.30 bits per heavy atom. The third-order valence-electron chi connectivity index (χ3n) is 12.3. The quantitative estimate of drug-likeness (QED) is 0.0462. The molecule has 0 aliphatic heterocycles. The number of carbonyl (C=O) groups excluding carboxylic acids is 2. The van der Waals surface area contributed by atoms with Gasteiger partial charge in [0.15, 0.2) is 0 Å². The lowest BCUT2D eigenvalue weighted by Crippen LogP contribution is -2.41. The minimum absolute atomic E-state index is 0.0718. The molecule has 0 fully saturated rings. The van der Waals surface area contributed by atoms with E-state index in [0.29, 0.717) is 70.4 Å². The Bertz CT molecular complexity index is 3150. The number of aromatic nitrogens is 3. The fraction of sp³-hybridized carbons (Fsp3) is 0.267. The fourth-order valence-electron chi connectivity index (χ4n) is 8.28. The summed E-state index contributed by atoms with van der Waals surface area (Å²) in [6.45, 7) is 8.99. The molecule has 0 aliphatic carbocycles. The maximum atomic E-state index is 12.9. The second-order valence-electron chi connectivity index (χ2n) is 18.9. The first-order valence-electron chi connectivity index (χ1n) is 24.8. The highest BCUT2D eigenvalue weighted by Crippen LogP contribution is 2.36. The normalized spacial score (nSPS) is 11.8. The molecule has 14 nitrogen and oxygen atoms in total. The average Bonchev–Trinajstić information content (AvgIpc) is 3.41. The van der Waals surface area contributed by atoms with Crippen molar-refractivity contribution < 1.29 is 43.2 Å². The van der Waals surface area contributed by atoms with Crippen LogP contribution in [0.1, 0.15) is 65.5 Å². The predicted octanol–water partition coefficient (Wildman–Crippen LogP) is 10.9. The molecule has 74 heavy (non-hydrogen) atoms. The molecule has 0 unspecified atom stereocenters. The van der Waals surface area contributed by atoms with Gasteiger partial charge in [0, 0.05) is 71.9 Å². The fourth-order valence-corrected chi connectivity index (χ4v) is 8.28.